The molecular formula is C17H19NOSe. The van der Waals surface area contributed by atoms with E-state index in [4.69, 9.17) is 4.74 Å². The Hall–Kier alpha value is -1.12. The first kappa shape index (κ1) is 13.8. The van der Waals surface area contributed by atoms with Crippen molar-refractivity contribution in [3.63, 3.8) is 0 Å². The monoisotopic (exact) mass is 333 g/mol. The van der Waals surface area contributed by atoms with Crippen LogP contribution in [0.4, 0.5) is 0 Å². The zero-order valence-corrected chi connectivity index (χ0v) is 13.2. The number of hydrogen-bond acceptors (Lipinski definition) is 2. The van der Waals surface area contributed by atoms with Crippen LogP contribution in [0.1, 0.15) is 5.56 Å². The molecule has 0 aliphatic carbocycles. The Morgan fingerprint density at radius 1 is 1.00 bits per heavy atom. The summed E-state index contributed by atoms with van der Waals surface area (Å²) >= 11 is 0.504. The molecule has 2 aromatic carbocycles. The van der Waals surface area contributed by atoms with Gasteiger partial charge in [-0.1, -0.05) is 0 Å². The van der Waals surface area contributed by atoms with Gasteiger partial charge in [0.15, 0.2) is 0 Å². The molecule has 0 spiro atoms. The summed E-state index contributed by atoms with van der Waals surface area (Å²) < 4.78 is 7.13. The van der Waals surface area contributed by atoms with Gasteiger partial charge in [0.05, 0.1) is 0 Å². The van der Waals surface area contributed by atoms with E-state index in [2.05, 4.69) is 65.6 Å². The number of hydrogen-bond donors (Lipinski definition) is 0. The molecule has 2 aromatic rings. The number of ether oxygens (including phenoxy) is 1. The summed E-state index contributed by atoms with van der Waals surface area (Å²) in [5.74, 6) is 0. The van der Waals surface area contributed by atoms with Crippen LogP contribution in [0.5, 0.6) is 0 Å². The van der Waals surface area contributed by atoms with Crippen molar-refractivity contribution in [3.05, 3.63) is 66.2 Å². The molecular weight excluding hydrogens is 313 g/mol. The van der Waals surface area contributed by atoms with Crippen LogP contribution in [-0.4, -0.2) is 44.7 Å². The van der Waals surface area contributed by atoms with Crippen molar-refractivity contribution in [2.24, 2.45) is 0 Å². The van der Waals surface area contributed by atoms with Gasteiger partial charge in [-0.15, -0.1) is 0 Å². The van der Waals surface area contributed by atoms with E-state index < -0.39 is 0 Å². The van der Waals surface area contributed by atoms with Gasteiger partial charge in [0.2, 0.25) is 0 Å². The van der Waals surface area contributed by atoms with Gasteiger partial charge in [0.25, 0.3) is 0 Å². The van der Waals surface area contributed by atoms with Crippen molar-refractivity contribution in [1.82, 2.24) is 4.90 Å². The number of nitrogens with zero attached hydrogens (tertiary/aromatic N) is 1. The molecule has 0 saturated carbocycles. The second kappa shape index (κ2) is 7.05. The van der Waals surface area contributed by atoms with Gasteiger partial charge in [-0.3, -0.25) is 0 Å². The molecule has 3 rings (SSSR count). The molecule has 0 bridgehead atoms. The fourth-order valence-electron chi connectivity index (χ4n) is 2.41. The minimum atomic E-state index is 0.504. The van der Waals surface area contributed by atoms with Gasteiger partial charge < -0.3 is 0 Å². The molecule has 3 heteroatoms. The van der Waals surface area contributed by atoms with Gasteiger partial charge in [-0.25, -0.2) is 0 Å². The first-order valence-electron chi connectivity index (χ1n) is 6.95. The number of benzene rings is 2. The predicted molar refractivity (Wildman–Crippen MR) is 83.3 cm³/mol. The summed E-state index contributed by atoms with van der Waals surface area (Å²) in [6.45, 7) is 1.64. The topological polar surface area (TPSA) is 12.5 Å². The number of rotatable bonds is 5. The summed E-state index contributed by atoms with van der Waals surface area (Å²) in [6.07, 6.45) is 1.09. The zero-order chi connectivity index (χ0) is 13.6. The van der Waals surface area contributed by atoms with Crippen molar-refractivity contribution in [3.8, 4) is 0 Å². The zero-order valence-electron chi connectivity index (χ0n) is 11.4. The second-order valence-corrected chi connectivity index (χ2v) is 7.16. The van der Waals surface area contributed by atoms with Crippen LogP contribution < -0.4 is 4.46 Å². The molecule has 0 N–H and O–H groups in total. The third-order valence-electron chi connectivity index (χ3n) is 3.54. The Kier molecular flexibility index (Phi) is 4.88. The van der Waals surface area contributed by atoms with E-state index in [1.807, 2.05) is 0 Å². The van der Waals surface area contributed by atoms with Crippen LogP contribution in [0.15, 0.2) is 60.7 Å². The second-order valence-electron chi connectivity index (χ2n) is 5.02. The van der Waals surface area contributed by atoms with E-state index in [9.17, 15) is 0 Å². The molecule has 2 nitrogen and oxygen atoms in total. The molecule has 104 valence electrons. The first-order chi connectivity index (χ1) is 9.92. The Morgan fingerprint density at radius 3 is 2.45 bits per heavy atom. The quantitative estimate of drug-likeness (QED) is 0.775. The maximum atomic E-state index is 5.67. The molecule has 1 fully saturated rings. The van der Waals surface area contributed by atoms with Crippen molar-refractivity contribution < 1.29 is 4.74 Å². The van der Waals surface area contributed by atoms with Crippen LogP contribution >= 0.6 is 0 Å². The van der Waals surface area contributed by atoms with Crippen molar-refractivity contribution in [1.29, 1.82) is 0 Å². The van der Waals surface area contributed by atoms with E-state index in [0.29, 0.717) is 21.0 Å². The molecule has 1 aliphatic heterocycles. The van der Waals surface area contributed by atoms with E-state index in [-0.39, 0.29) is 0 Å². The summed E-state index contributed by atoms with van der Waals surface area (Å²) in [4.78, 5) is 2.49. The molecule has 0 unspecified atom stereocenters. The maximum absolute atomic E-state index is 5.67. The van der Waals surface area contributed by atoms with Gasteiger partial charge in [-0.05, 0) is 0 Å². The Morgan fingerprint density at radius 2 is 1.70 bits per heavy atom. The molecule has 1 heterocycles. The summed E-state index contributed by atoms with van der Waals surface area (Å²) in [5.41, 5.74) is 2.54. The van der Waals surface area contributed by atoms with E-state index in [1.54, 1.807) is 0 Å². The average Bonchev–Trinajstić information content (AvgIpc) is 2.94. The van der Waals surface area contributed by atoms with Gasteiger partial charge in [-0.2, -0.15) is 0 Å². The van der Waals surface area contributed by atoms with Crippen LogP contribution in [0.2, 0.25) is 0 Å². The Balaban J connectivity index is 1.56. The fraction of sp³-hybridized carbons (Fsp3) is 0.294. The summed E-state index contributed by atoms with van der Waals surface area (Å²) in [7, 11) is 0. The van der Waals surface area contributed by atoms with Gasteiger partial charge >= 0.3 is 127 Å². The molecule has 0 aromatic heterocycles. The molecule has 0 radical (unpaired) electrons. The Bertz CT molecular complexity index is 517. The van der Waals surface area contributed by atoms with Crippen LogP contribution in [-0.2, 0) is 11.2 Å². The normalized spacial score (nSPS) is 19.3. The standard InChI is InChI=1S/C17H19NOSe/c1-3-7-15(8-4-1)11-16-12-19-13-18(16)14-20-17-9-5-2-6-10-17/h1-10,16H,11-14H2/t16-/m1/s1. The van der Waals surface area contributed by atoms with Gasteiger partial charge in [0, 0.05) is 0 Å². The minimum absolute atomic E-state index is 0.504. The van der Waals surface area contributed by atoms with E-state index >= 15 is 0 Å². The van der Waals surface area contributed by atoms with E-state index in [1.165, 1.54) is 10.0 Å². The molecule has 1 saturated heterocycles. The SMILES string of the molecule is c1ccc(C[C@@H]2COCN2C[Se]c2ccccc2)cc1. The van der Waals surface area contributed by atoms with Crippen molar-refractivity contribution in [2.45, 2.75) is 12.5 Å². The average molecular weight is 332 g/mol. The fourth-order valence-corrected chi connectivity index (χ4v) is 4.40. The van der Waals surface area contributed by atoms with E-state index in [0.717, 1.165) is 25.2 Å². The van der Waals surface area contributed by atoms with Crippen LogP contribution in [0, 0.1) is 0 Å². The third-order valence-corrected chi connectivity index (χ3v) is 5.78. The van der Waals surface area contributed by atoms with Crippen LogP contribution in [0.25, 0.3) is 0 Å². The Labute approximate surface area is 126 Å². The van der Waals surface area contributed by atoms with Crippen molar-refractivity contribution >= 4 is 19.4 Å². The summed E-state index contributed by atoms with van der Waals surface area (Å²) in [6, 6.07) is 22.0. The summed E-state index contributed by atoms with van der Waals surface area (Å²) in [5, 5.41) is 0. The van der Waals surface area contributed by atoms with Gasteiger partial charge in [0.1, 0.15) is 0 Å². The van der Waals surface area contributed by atoms with Crippen LogP contribution in [0.3, 0.4) is 0 Å². The first-order valence-corrected chi connectivity index (χ1v) is 9.02. The third kappa shape index (κ3) is 3.71. The molecule has 0 amide bonds. The van der Waals surface area contributed by atoms with Crippen molar-refractivity contribution in [2.75, 3.05) is 18.8 Å². The molecule has 1 atom stereocenters. The molecule has 20 heavy (non-hydrogen) atoms. The molecule has 1 aliphatic rings. The predicted octanol–water partition coefficient (Wildman–Crippen LogP) is 1.87.